The number of aryl methyl sites for hydroxylation is 2. The number of hydrogen-bond acceptors (Lipinski definition) is 3. The van der Waals surface area contributed by atoms with Gasteiger partial charge in [0.25, 0.3) is 5.91 Å². The second-order valence-corrected chi connectivity index (χ2v) is 9.59. The molecule has 0 radical (unpaired) electrons. The fourth-order valence-electron chi connectivity index (χ4n) is 5.36. The number of carbonyl (C=O) groups excluding carboxylic acids is 2. The minimum Gasteiger partial charge on any atom is -0.460 e. The molecule has 1 aliphatic carbocycles. The quantitative estimate of drug-likeness (QED) is 0.584. The monoisotopic (exact) mass is 433 g/mol. The van der Waals surface area contributed by atoms with Crippen LogP contribution in [0.15, 0.2) is 40.8 Å². The molecule has 1 N–H and O–H groups in total. The Morgan fingerprint density at radius 1 is 1.09 bits per heavy atom. The van der Waals surface area contributed by atoms with E-state index >= 15 is 0 Å². The van der Waals surface area contributed by atoms with Crippen molar-refractivity contribution in [2.45, 2.75) is 77.4 Å². The Hall–Kier alpha value is -3.02. The van der Waals surface area contributed by atoms with E-state index < -0.39 is 5.54 Å². The van der Waals surface area contributed by atoms with Gasteiger partial charge in [-0.25, -0.2) is 0 Å². The Morgan fingerprint density at radius 3 is 2.53 bits per heavy atom. The summed E-state index contributed by atoms with van der Waals surface area (Å²) in [6.07, 6.45) is 6.72. The minimum atomic E-state index is -1.06. The highest BCUT2D eigenvalue weighted by molar-refractivity contribution is 6.14. The molecule has 5 rings (SSSR count). The number of amides is 2. The Labute approximate surface area is 188 Å². The summed E-state index contributed by atoms with van der Waals surface area (Å²) in [6, 6.07) is 11.7. The van der Waals surface area contributed by atoms with E-state index in [1.165, 1.54) is 12.8 Å². The molecule has 3 heterocycles. The minimum absolute atomic E-state index is 0.0891. The van der Waals surface area contributed by atoms with Gasteiger partial charge < -0.3 is 14.3 Å². The van der Waals surface area contributed by atoms with Crippen LogP contribution in [0, 0.1) is 13.8 Å². The van der Waals surface area contributed by atoms with Crippen LogP contribution in [0.4, 0.5) is 5.69 Å². The second-order valence-electron chi connectivity index (χ2n) is 9.59. The summed E-state index contributed by atoms with van der Waals surface area (Å²) < 4.78 is 7.76. The first kappa shape index (κ1) is 20.9. The van der Waals surface area contributed by atoms with Gasteiger partial charge in [-0.2, -0.15) is 0 Å². The lowest BCUT2D eigenvalue weighted by Gasteiger charge is -2.45. The number of aromatic nitrogens is 1. The Morgan fingerprint density at radius 2 is 1.81 bits per heavy atom. The molecule has 0 saturated heterocycles. The Balaban J connectivity index is 1.60. The van der Waals surface area contributed by atoms with Gasteiger partial charge in [-0.1, -0.05) is 43.9 Å². The predicted molar refractivity (Wildman–Crippen MR) is 125 cm³/mol. The zero-order chi connectivity index (χ0) is 22.5. The SMILES string of the molecule is Cc1cc2c(cc3n2C[C@@](C)(C(=O)NC2CCCCCC2)N(c2ccccc2C)C3=O)o1. The molecule has 2 amide bonds. The van der Waals surface area contributed by atoms with Crippen molar-refractivity contribution in [3.8, 4) is 0 Å². The number of furan rings is 1. The molecule has 2 aromatic heterocycles. The molecule has 0 spiro atoms. The van der Waals surface area contributed by atoms with Crippen LogP contribution in [0.2, 0.25) is 0 Å². The van der Waals surface area contributed by atoms with Gasteiger partial charge in [0.1, 0.15) is 17.0 Å². The van der Waals surface area contributed by atoms with Gasteiger partial charge in [-0.05, 0) is 45.2 Å². The lowest BCUT2D eigenvalue weighted by atomic mass is 9.92. The van der Waals surface area contributed by atoms with Crippen LogP contribution in [0.25, 0.3) is 11.1 Å². The number of benzene rings is 1. The van der Waals surface area contributed by atoms with E-state index in [1.54, 1.807) is 11.0 Å². The highest BCUT2D eigenvalue weighted by atomic mass is 16.3. The van der Waals surface area contributed by atoms with E-state index in [4.69, 9.17) is 4.42 Å². The number of fused-ring (bicyclic) bond motifs is 3. The van der Waals surface area contributed by atoms with Gasteiger partial charge in [0.05, 0.1) is 12.1 Å². The van der Waals surface area contributed by atoms with E-state index in [-0.39, 0.29) is 17.9 Å². The Kier molecular flexibility index (Phi) is 5.11. The molecule has 1 aromatic carbocycles. The summed E-state index contributed by atoms with van der Waals surface area (Å²) in [4.78, 5) is 29.4. The number of rotatable bonds is 3. The van der Waals surface area contributed by atoms with Gasteiger partial charge in [0.2, 0.25) is 5.91 Å². The van der Waals surface area contributed by atoms with E-state index in [2.05, 4.69) is 5.32 Å². The zero-order valence-corrected chi connectivity index (χ0v) is 19.1. The van der Waals surface area contributed by atoms with Crippen molar-refractivity contribution >= 4 is 28.6 Å². The number of nitrogens with one attached hydrogen (secondary N) is 1. The third-order valence-electron chi connectivity index (χ3n) is 7.13. The molecule has 2 aliphatic rings. The van der Waals surface area contributed by atoms with Crippen LogP contribution in [-0.4, -0.2) is 28.0 Å². The van der Waals surface area contributed by atoms with Crippen molar-refractivity contribution < 1.29 is 14.0 Å². The first-order valence-corrected chi connectivity index (χ1v) is 11.7. The molecular weight excluding hydrogens is 402 g/mol. The van der Waals surface area contributed by atoms with E-state index in [1.807, 2.05) is 55.7 Å². The summed E-state index contributed by atoms with van der Waals surface area (Å²) in [5.41, 5.74) is 2.79. The maximum absolute atomic E-state index is 13.9. The number of nitrogens with zero attached hydrogens (tertiary/aromatic N) is 2. The molecule has 6 heteroatoms. The van der Waals surface area contributed by atoms with Crippen molar-refractivity contribution in [1.29, 1.82) is 0 Å². The van der Waals surface area contributed by atoms with Gasteiger partial charge in [0.15, 0.2) is 5.58 Å². The topological polar surface area (TPSA) is 67.5 Å². The number of anilines is 1. The summed E-state index contributed by atoms with van der Waals surface area (Å²) in [5.74, 6) is 0.533. The van der Waals surface area contributed by atoms with E-state index in [0.29, 0.717) is 17.8 Å². The summed E-state index contributed by atoms with van der Waals surface area (Å²) in [5, 5.41) is 3.32. The van der Waals surface area contributed by atoms with Crippen LogP contribution < -0.4 is 10.2 Å². The molecule has 3 aromatic rings. The zero-order valence-electron chi connectivity index (χ0n) is 19.1. The van der Waals surface area contributed by atoms with Crippen molar-refractivity contribution in [1.82, 2.24) is 9.88 Å². The van der Waals surface area contributed by atoms with Crippen LogP contribution in [0.1, 0.15) is 67.3 Å². The molecular formula is C26H31N3O3. The van der Waals surface area contributed by atoms with E-state index in [0.717, 1.165) is 48.2 Å². The normalized spacial score (nSPS) is 22.1. The predicted octanol–water partition coefficient (Wildman–Crippen LogP) is 5.11. The van der Waals surface area contributed by atoms with Gasteiger partial charge in [-0.15, -0.1) is 0 Å². The van der Waals surface area contributed by atoms with Gasteiger partial charge in [0, 0.05) is 23.9 Å². The first-order chi connectivity index (χ1) is 15.4. The van der Waals surface area contributed by atoms with Crippen LogP contribution >= 0.6 is 0 Å². The third-order valence-corrected chi connectivity index (χ3v) is 7.13. The standard InChI is InChI=1S/C26H31N3O3/c1-17-10-8-9-13-20(17)29-24(30)22-15-23-21(14-18(2)32-23)28(22)16-26(29,3)25(31)27-19-11-6-4-5-7-12-19/h8-10,13-15,19H,4-7,11-12,16H2,1-3H3,(H,27,31)/t26-/m0/s1. The first-order valence-electron chi connectivity index (χ1n) is 11.7. The molecule has 168 valence electrons. The molecule has 0 bridgehead atoms. The third kappa shape index (κ3) is 3.33. The van der Waals surface area contributed by atoms with Crippen molar-refractivity contribution in [3.63, 3.8) is 0 Å². The summed E-state index contributed by atoms with van der Waals surface area (Å²) in [7, 11) is 0. The molecule has 1 atom stereocenters. The molecule has 32 heavy (non-hydrogen) atoms. The van der Waals surface area contributed by atoms with Crippen molar-refractivity contribution in [2.75, 3.05) is 4.90 Å². The largest absolute Gasteiger partial charge is 0.460 e. The number of carbonyl (C=O) groups is 2. The van der Waals surface area contributed by atoms with Crippen LogP contribution in [0.5, 0.6) is 0 Å². The number of para-hydroxylation sites is 1. The maximum atomic E-state index is 13.9. The summed E-state index contributed by atoms with van der Waals surface area (Å²) in [6.45, 7) is 6.15. The Bertz CT molecular complexity index is 1180. The van der Waals surface area contributed by atoms with Crippen molar-refractivity contribution in [3.05, 3.63) is 53.4 Å². The average molecular weight is 434 g/mol. The van der Waals surface area contributed by atoms with E-state index in [9.17, 15) is 9.59 Å². The molecule has 1 saturated carbocycles. The fourth-order valence-corrected chi connectivity index (χ4v) is 5.36. The smallest absolute Gasteiger partial charge is 0.276 e. The van der Waals surface area contributed by atoms with Gasteiger partial charge in [-0.3, -0.25) is 14.5 Å². The maximum Gasteiger partial charge on any atom is 0.276 e. The highest BCUT2D eigenvalue weighted by Gasteiger charge is 2.49. The second kappa shape index (κ2) is 7.84. The highest BCUT2D eigenvalue weighted by Crippen LogP contribution is 2.38. The van der Waals surface area contributed by atoms with Crippen molar-refractivity contribution in [2.24, 2.45) is 0 Å². The van der Waals surface area contributed by atoms with Crippen LogP contribution in [0.3, 0.4) is 0 Å². The van der Waals surface area contributed by atoms with Gasteiger partial charge >= 0.3 is 0 Å². The average Bonchev–Trinajstić information content (AvgIpc) is 3.15. The lowest BCUT2D eigenvalue weighted by Crippen LogP contribution is -2.65. The van der Waals surface area contributed by atoms with Crippen LogP contribution in [-0.2, 0) is 11.3 Å². The fraction of sp³-hybridized carbons (Fsp3) is 0.462. The molecule has 1 aliphatic heterocycles. The molecule has 6 nitrogen and oxygen atoms in total. The number of hydrogen-bond donors (Lipinski definition) is 1. The molecule has 0 unspecified atom stereocenters. The molecule has 1 fully saturated rings. The summed E-state index contributed by atoms with van der Waals surface area (Å²) >= 11 is 0. The lowest BCUT2D eigenvalue weighted by molar-refractivity contribution is -0.127.